The molecule has 6 nitrogen and oxygen atoms in total. The largest absolute Gasteiger partial charge is 0.463 e. The number of fused-ring (bicyclic) bond motifs is 1. The van der Waals surface area contributed by atoms with Crippen LogP contribution in [-0.4, -0.2) is 22.6 Å². The number of hydrogen-bond donors (Lipinski definition) is 0. The number of benzene rings is 1. The van der Waals surface area contributed by atoms with Crippen molar-refractivity contribution in [2.24, 2.45) is 5.92 Å². The molecular formula is C21H24N2O4S. The molecule has 148 valence electrons. The van der Waals surface area contributed by atoms with Crippen molar-refractivity contribution >= 4 is 28.6 Å². The first-order valence-electron chi connectivity index (χ1n) is 9.25. The quantitative estimate of drug-likeness (QED) is 0.326. The van der Waals surface area contributed by atoms with Crippen LogP contribution in [0.15, 0.2) is 50.8 Å². The summed E-state index contributed by atoms with van der Waals surface area (Å²) in [5, 5.41) is 1.14. The molecule has 0 fully saturated rings. The van der Waals surface area contributed by atoms with Crippen LogP contribution >= 0.6 is 11.8 Å². The van der Waals surface area contributed by atoms with Gasteiger partial charge in [-0.1, -0.05) is 37.7 Å². The summed E-state index contributed by atoms with van der Waals surface area (Å²) in [5.74, 6) is 0.749. The lowest BCUT2D eigenvalue weighted by Crippen LogP contribution is -2.24. The second-order valence-electron chi connectivity index (χ2n) is 7.00. The van der Waals surface area contributed by atoms with Crippen LogP contribution in [-0.2, 0) is 11.3 Å². The van der Waals surface area contributed by atoms with Crippen LogP contribution in [0.2, 0.25) is 0 Å². The maximum absolute atomic E-state index is 13.0. The van der Waals surface area contributed by atoms with E-state index in [1.165, 1.54) is 18.9 Å². The average Bonchev–Trinajstić information content (AvgIpc) is 3.17. The molecule has 3 aromatic rings. The molecule has 0 saturated carbocycles. The molecule has 0 spiro atoms. The van der Waals surface area contributed by atoms with Crippen molar-refractivity contribution in [1.82, 2.24) is 9.55 Å². The third-order valence-corrected chi connectivity index (χ3v) is 5.56. The Kier molecular flexibility index (Phi) is 6.24. The van der Waals surface area contributed by atoms with Crippen LogP contribution in [0.1, 0.15) is 48.8 Å². The Hall–Kier alpha value is -2.54. The Morgan fingerprint density at radius 3 is 2.68 bits per heavy atom. The van der Waals surface area contributed by atoms with Gasteiger partial charge in [-0.3, -0.25) is 9.36 Å². The van der Waals surface area contributed by atoms with Crippen LogP contribution < -0.4 is 5.56 Å². The number of hydrogen-bond acceptors (Lipinski definition) is 6. The number of methoxy groups -OCH3 is 1. The van der Waals surface area contributed by atoms with Crippen molar-refractivity contribution in [3.8, 4) is 0 Å². The lowest BCUT2D eigenvalue weighted by Gasteiger charge is -2.16. The van der Waals surface area contributed by atoms with Crippen molar-refractivity contribution in [1.29, 1.82) is 0 Å². The van der Waals surface area contributed by atoms with E-state index in [2.05, 4.69) is 18.6 Å². The van der Waals surface area contributed by atoms with Gasteiger partial charge in [0.05, 0.1) is 23.3 Å². The van der Waals surface area contributed by atoms with Gasteiger partial charge in [0.15, 0.2) is 5.16 Å². The summed E-state index contributed by atoms with van der Waals surface area (Å²) >= 11 is 1.44. The molecule has 2 aromatic heterocycles. The molecule has 3 rings (SSSR count). The van der Waals surface area contributed by atoms with Crippen molar-refractivity contribution in [2.75, 3.05) is 7.11 Å². The Balaban J connectivity index is 1.96. The minimum Gasteiger partial charge on any atom is -0.463 e. The molecular weight excluding hydrogens is 376 g/mol. The summed E-state index contributed by atoms with van der Waals surface area (Å²) in [6.07, 6.45) is 0.884. The number of para-hydroxylation sites is 1. The molecule has 1 atom stereocenters. The molecule has 0 amide bonds. The molecule has 0 radical (unpaired) electrons. The van der Waals surface area contributed by atoms with Gasteiger partial charge in [0.25, 0.3) is 5.56 Å². The van der Waals surface area contributed by atoms with E-state index >= 15 is 0 Å². The minimum absolute atomic E-state index is 0.0318. The second kappa shape index (κ2) is 8.65. The number of esters is 1. The highest BCUT2D eigenvalue weighted by Gasteiger charge is 2.20. The first-order chi connectivity index (χ1) is 13.4. The summed E-state index contributed by atoms with van der Waals surface area (Å²) in [6.45, 7) is 6.83. The smallest absolute Gasteiger partial charge is 0.373 e. The topological polar surface area (TPSA) is 74.3 Å². The summed E-state index contributed by atoms with van der Waals surface area (Å²) in [5.41, 5.74) is 0.647. The van der Waals surface area contributed by atoms with E-state index in [1.807, 2.05) is 31.2 Å². The van der Waals surface area contributed by atoms with E-state index in [-0.39, 0.29) is 16.6 Å². The Morgan fingerprint density at radius 1 is 1.21 bits per heavy atom. The third-order valence-electron chi connectivity index (χ3n) is 4.45. The number of rotatable bonds is 7. The Morgan fingerprint density at radius 2 is 1.96 bits per heavy atom. The van der Waals surface area contributed by atoms with Crippen molar-refractivity contribution < 1.29 is 13.9 Å². The SMILES string of the molecule is COC(=O)c1ccc(C(C)Sc2nc3ccccc3c(=O)n2CCC(C)C)o1. The van der Waals surface area contributed by atoms with Crippen LogP contribution in [0.4, 0.5) is 0 Å². The summed E-state index contributed by atoms with van der Waals surface area (Å²) in [4.78, 5) is 29.4. The lowest BCUT2D eigenvalue weighted by atomic mass is 10.1. The predicted octanol–water partition coefficient (Wildman–Crippen LogP) is 4.68. The van der Waals surface area contributed by atoms with Crippen LogP contribution in [0.25, 0.3) is 10.9 Å². The van der Waals surface area contributed by atoms with Crippen molar-refractivity contribution in [2.45, 2.75) is 44.1 Å². The fraction of sp³-hybridized carbons (Fsp3) is 0.381. The zero-order chi connectivity index (χ0) is 20.3. The number of furan rings is 1. The van der Waals surface area contributed by atoms with E-state index in [1.54, 1.807) is 16.7 Å². The maximum Gasteiger partial charge on any atom is 0.373 e. The van der Waals surface area contributed by atoms with E-state index in [0.717, 1.165) is 6.42 Å². The van der Waals surface area contributed by atoms with Crippen molar-refractivity contribution in [3.05, 3.63) is 58.3 Å². The van der Waals surface area contributed by atoms with E-state index in [0.29, 0.717) is 34.3 Å². The maximum atomic E-state index is 13.0. The summed E-state index contributed by atoms with van der Waals surface area (Å²) in [6, 6.07) is 10.7. The number of ether oxygens (including phenoxy) is 1. The standard InChI is InChI=1S/C21H24N2O4S/c1-13(2)11-12-23-19(24)15-7-5-6-8-16(15)22-21(23)28-14(3)17-9-10-18(27-17)20(25)26-4/h5-10,13-14H,11-12H2,1-4H3. The van der Waals surface area contributed by atoms with Gasteiger partial charge in [0.2, 0.25) is 5.76 Å². The average molecular weight is 401 g/mol. The van der Waals surface area contributed by atoms with Crippen LogP contribution in [0.5, 0.6) is 0 Å². The molecule has 7 heteroatoms. The molecule has 0 bridgehead atoms. The molecule has 0 aliphatic carbocycles. The second-order valence-corrected chi connectivity index (χ2v) is 8.31. The molecule has 0 N–H and O–H groups in total. The van der Waals surface area contributed by atoms with Gasteiger partial charge in [-0.15, -0.1) is 0 Å². The van der Waals surface area contributed by atoms with Crippen LogP contribution in [0, 0.1) is 5.92 Å². The zero-order valence-corrected chi connectivity index (χ0v) is 17.3. The fourth-order valence-electron chi connectivity index (χ4n) is 2.82. The number of aromatic nitrogens is 2. The van der Waals surface area contributed by atoms with Crippen molar-refractivity contribution in [3.63, 3.8) is 0 Å². The normalized spacial score (nSPS) is 12.5. The predicted molar refractivity (Wildman–Crippen MR) is 110 cm³/mol. The van der Waals surface area contributed by atoms with E-state index < -0.39 is 5.97 Å². The molecule has 1 unspecified atom stereocenters. The molecule has 0 aliphatic rings. The molecule has 0 saturated heterocycles. The highest BCUT2D eigenvalue weighted by molar-refractivity contribution is 7.99. The van der Waals surface area contributed by atoms with E-state index in [9.17, 15) is 9.59 Å². The number of carbonyl (C=O) groups excluding carboxylic acids is 1. The third kappa shape index (κ3) is 4.30. The first kappa shape index (κ1) is 20.2. The van der Waals surface area contributed by atoms with Gasteiger partial charge in [-0.05, 0) is 43.5 Å². The molecule has 2 heterocycles. The van der Waals surface area contributed by atoms with Gasteiger partial charge in [-0.25, -0.2) is 9.78 Å². The first-order valence-corrected chi connectivity index (χ1v) is 10.1. The monoisotopic (exact) mass is 400 g/mol. The Bertz CT molecular complexity index is 1040. The number of thioether (sulfide) groups is 1. The van der Waals surface area contributed by atoms with Gasteiger partial charge in [-0.2, -0.15) is 0 Å². The van der Waals surface area contributed by atoms with Crippen LogP contribution in [0.3, 0.4) is 0 Å². The lowest BCUT2D eigenvalue weighted by molar-refractivity contribution is 0.0563. The molecule has 0 aliphatic heterocycles. The van der Waals surface area contributed by atoms with Gasteiger partial charge >= 0.3 is 5.97 Å². The van der Waals surface area contributed by atoms with E-state index in [4.69, 9.17) is 9.40 Å². The molecule has 28 heavy (non-hydrogen) atoms. The zero-order valence-electron chi connectivity index (χ0n) is 16.5. The van der Waals surface area contributed by atoms with Gasteiger partial charge in [0, 0.05) is 6.54 Å². The molecule has 1 aromatic carbocycles. The number of carbonyl (C=O) groups is 1. The van der Waals surface area contributed by atoms with Gasteiger partial charge in [0.1, 0.15) is 5.76 Å². The minimum atomic E-state index is -0.513. The Labute approximate surface area is 167 Å². The highest BCUT2D eigenvalue weighted by Crippen LogP contribution is 2.35. The van der Waals surface area contributed by atoms with Gasteiger partial charge < -0.3 is 9.15 Å². The summed E-state index contributed by atoms with van der Waals surface area (Å²) < 4.78 is 12.0. The summed E-state index contributed by atoms with van der Waals surface area (Å²) in [7, 11) is 1.31. The number of nitrogens with zero attached hydrogens (tertiary/aromatic N) is 2. The highest BCUT2D eigenvalue weighted by atomic mass is 32.2. The fourth-order valence-corrected chi connectivity index (χ4v) is 3.83.